The fraction of sp³-hybridized carbons (Fsp3) is 0.250. The lowest BCUT2D eigenvalue weighted by molar-refractivity contribution is -0.135. The fourth-order valence-corrected chi connectivity index (χ4v) is 1.26. The van der Waals surface area contributed by atoms with Crippen LogP contribution in [0.3, 0.4) is 0 Å². The number of thiophene rings is 1. The molecule has 0 bridgehead atoms. The van der Waals surface area contributed by atoms with E-state index in [1.54, 1.807) is 17.5 Å². The van der Waals surface area contributed by atoms with E-state index >= 15 is 0 Å². The highest BCUT2D eigenvalue weighted by Gasteiger charge is 2.05. The Bertz CT molecular complexity index is 294. The van der Waals surface area contributed by atoms with Gasteiger partial charge in [0.15, 0.2) is 5.06 Å². The van der Waals surface area contributed by atoms with Gasteiger partial charge in [0, 0.05) is 6.92 Å². The highest BCUT2D eigenvalue weighted by atomic mass is 32.1. The summed E-state index contributed by atoms with van der Waals surface area (Å²) >= 11 is 1.33. The van der Waals surface area contributed by atoms with Gasteiger partial charge in [0.25, 0.3) is 0 Å². The van der Waals surface area contributed by atoms with Crippen LogP contribution in [0.5, 0.6) is 5.06 Å². The quantitative estimate of drug-likeness (QED) is 0.732. The third-order valence-corrected chi connectivity index (χ3v) is 1.94. The lowest BCUT2D eigenvalue weighted by Crippen LogP contribution is -2.29. The Balaban J connectivity index is 2.30. The second kappa shape index (κ2) is 4.61. The largest absolute Gasteiger partial charge is 0.414 e. The molecule has 70 valence electrons. The van der Waals surface area contributed by atoms with E-state index in [1.165, 1.54) is 18.3 Å². The number of carbonyl (C=O) groups is 2. The summed E-state index contributed by atoms with van der Waals surface area (Å²) in [5, 5.41) is 4.69. The van der Waals surface area contributed by atoms with Crippen LogP contribution in [0.25, 0.3) is 0 Å². The summed E-state index contributed by atoms with van der Waals surface area (Å²) in [6.07, 6.45) is 0. The van der Waals surface area contributed by atoms with Crippen molar-refractivity contribution in [3.63, 3.8) is 0 Å². The van der Waals surface area contributed by atoms with Crippen molar-refractivity contribution in [2.45, 2.75) is 6.92 Å². The molecule has 4 nitrogen and oxygen atoms in total. The minimum Gasteiger partial charge on any atom is -0.414 e. The van der Waals surface area contributed by atoms with Gasteiger partial charge in [-0.05, 0) is 17.5 Å². The molecule has 13 heavy (non-hydrogen) atoms. The molecule has 0 atom stereocenters. The Hall–Kier alpha value is -1.36. The second-order valence-electron chi connectivity index (χ2n) is 2.32. The van der Waals surface area contributed by atoms with Crippen molar-refractivity contribution >= 4 is 23.2 Å². The van der Waals surface area contributed by atoms with Crippen LogP contribution in [0.1, 0.15) is 6.92 Å². The number of ether oxygens (including phenoxy) is 1. The molecule has 1 aromatic rings. The first kappa shape index (κ1) is 9.73. The lowest BCUT2D eigenvalue weighted by atomic mass is 10.6. The monoisotopic (exact) mass is 199 g/mol. The van der Waals surface area contributed by atoms with Crippen LogP contribution in [0.4, 0.5) is 0 Å². The van der Waals surface area contributed by atoms with Crippen LogP contribution in [0.15, 0.2) is 17.5 Å². The smallest absolute Gasteiger partial charge is 0.331 e. The van der Waals surface area contributed by atoms with E-state index in [1.807, 2.05) is 0 Å². The van der Waals surface area contributed by atoms with Crippen molar-refractivity contribution in [2.75, 3.05) is 6.54 Å². The number of hydrogen-bond donors (Lipinski definition) is 1. The summed E-state index contributed by atoms with van der Waals surface area (Å²) in [4.78, 5) is 21.4. The summed E-state index contributed by atoms with van der Waals surface area (Å²) in [5.74, 6) is -0.708. The third kappa shape index (κ3) is 3.71. The van der Waals surface area contributed by atoms with Gasteiger partial charge in [-0.15, -0.1) is 11.3 Å². The fourth-order valence-electron chi connectivity index (χ4n) is 0.666. The van der Waals surface area contributed by atoms with E-state index in [0.717, 1.165) is 0 Å². The van der Waals surface area contributed by atoms with Gasteiger partial charge in [0.1, 0.15) is 6.54 Å². The van der Waals surface area contributed by atoms with Crippen LogP contribution < -0.4 is 10.1 Å². The lowest BCUT2D eigenvalue weighted by Gasteiger charge is -2.01. The van der Waals surface area contributed by atoms with Crippen molar-refractivity contribution in [1.29, 1.82) is 0 Å². The molecule has 1 aromatic heterocycles. The van der Waals surface area contributed by atoms with Crippen LogP contribution in [-0.4, -0.2) is 18.4 Å². The SMILES string of the molecule is CC(=O)NCC(=O)Oc1cccs1. The predicted octanol–water partition coefficient (Wildman–Crippen LogP) is 0.790. The number of carbonyl (C=O) groups excluding carboxylic acids is 2. The Labute approximate surface area is 79.5 Å². The highest BCUT2D eigenvalue weighted by Crippen LogP contribution is 2.17. The van der Waals surface area contributed by atoms with E-state index in [9.17, 15) is 9.59 Å². The molecule has 0 aromatic carbocycles. The number of esters is 1. The van der Waals surface area contributed by atoms with Crippen molar-refractivity contribution in [2.24, 2.45) is 0 Å². The summed E-state index contributed by atoms with van der Waals surface area (Å²) in [6, 6.07) is 3.47. The van der Waals surface area contributed by atoms with Crippen LogP contribution in [0, 0.1) is 0 Å². The summed E-state index contributed by atoms with van der Waals surface area (Å²) < 4.78 is 4.87. The van der Waals surface area contributed by atoms with E-state index < -0.39 is 5.97 Å². The normalized spacial score (nSPS) is 9.31. The average Bonchev–Trinajstić information content (AvgIpc) is 2.53. The molecule has 0 saturated heterocycles. The first-order chi connectivity index (χ1) is 6.18. The van der Waals surface area contributed by atoms with Gasteiger partial charge < -0.3 is 10.1 Å². The van der Waals surface area contributed by atoms with E-state index in [2.05, 4.69) is 5.32 Å². The maximum absolute atomic E-state index is 11.0. The molecule has 0 aliphatic rings. The van der Waals surface area contributed by atoms with Gasteiger partial charge in [-0.3, -0.25) is 4.79 Å². The van der Waals surface area contributed by atoms with Crippen molar-refractivity contribution in [1.82, 2.24) is 5.32 Å². The van der Waals surface area contributed by atoms with Gasteiger partial charge in [-0.2, -0.15) is 0 Å². The number of rotatable bonds is 3. The van der Waals surface area contributed by atoms with Crippen molar-refractivity contribution < 1.29 is 14.3 Å². The Kier molecular flexibility index (Phi) is 3.45. The van der Waals surface area contributed by atoms with Crippen LogP contribution >= 0.6 is 11.3 Å². The molecule has 0 fully saturated rings. The first-order valence-corrected chi connectivity index (χ1v) is 4.55. The van der Waals surface area contributed by atoms with E-state index in [0.29, 0.717) is 5.06 Å². The van der Waals surface area contributed by atoms with Crippen LogP contribution in [-0.2, 0) is 9.59 Å². The minimum absolute atomic E-state index is 0.0900. The molecule has 1 N–H and O–H groups in total. The Morgan fingerprint density at radius 2 is 2.38 bits per heavy atom. The molecule has 0 aliphatic carbocycles. The summed E-state index contributed by atoms with van der Waals surface area (Å²) in [7, 11) is 0. The standard InChI is InChI=1S/C8H9NO3S/c1-6(10)9-5-7(11)12-8-3-2-4-13-8/h2-4H,5H2,1H3,(H,9,10). The topological polar surface area (TPSA) is 55.4 Å². The first-order valence-electron chi connectivity index (χ1n) is 3.67. The number of hydrogen-bond acceptors (Lipinski definition) is 4. The van der Waals surface area contributed by atoms with Crippen LogP contribution in [0.2, 0.25) is 0 Å². The molecule has 1 rings (SSSR count). The second-order valence-corrected chi connectivity index (χ2v) is 3.23. The molecule has 1 heterocycles. The zero-order chi connectivity index (χ0) is 9.68. The predicted molar refractivity (Wildman–Crippen MR) is 48.6 cm³/mol. The van der Waals surface area contributed by atoms with Gasteiger partial charge in [-0.1, -0.05) is 0 Å². The number of amides is 1. The molecular weight excluding hydrogens is 190 g/mol. The summed E-state index contributed by atoms with van der Waals surface area (Å²) in [6.45, 7) is 1.26. The molecule has 0 aliphatic heterocycles. The summed E-state index contributed by atoms with van der Waals surface area (Å²) in [5.41, 5.74) is 0. The Morgan fingerprint density at radius 1 is 1.62 bits per heavy atom. The molecular formula is C8H9NO3S. The molecule has 1 amide bonds. The van der Waals surface area contributed by atoms with E-state index in [4.69, 9.17) is 4.74 Å². The van der Waals surface area contributed by atoms with E-state index in [-0.39, 0.29) is 12.5 Å². The van der Waals surface area contributed by atoms with Crippen molar-refractivity contribution in [3.8, 4) is 5.06 Å². The van der Waals surface area contributed by atoms with Gasteiger partial charge in [0.05, 0.1) is 0 Å². The zero-order valence-corrected chi connectivity index (χ0v) is 7.89. The molecule has 0 saturated carbocycles. The van der Waals surface area contributed by atoms with Gasteiger partial charge in [0.2, 0.25) is 5.91 Å². The average molecular weight is 199 g/mol. The maximum atomic E-state index is 11.0. The highest BCUT2D eigenvalue weighted by molar-refractivity contribution is 7.11. The zero-order valence-electron chi connectivity index (χ0n) is 7.07. The third-order valence-electron chi connectivity index (χ3n) is 1.19. The number of nitrogens with one attached hydrogen (secondary N) is 1. The van der Waals surface area contributed by atoms with Gasteiger partial charge >= 0.3 is 5.97 Å². The molecule has 0 spiro atoms. The molecule has 5 heteroatoms. The van der Waals surface area contributed by atoms with Crippen molar-refractivity contribution in [3.05, 3.63) is 17.5 Å². The molecule has 0 unspecified atom stereocenters. The maximum Gasteiger partial charge on any atom is 0.331 e. The van der Waals surface area contributed by atoms with Gasteiger partial charge in [-0.25, -0.2) is 4.79 Å². The molecule has 0 radical (unpaired) electrons. The minimum atomic E-state index is -0.461. The Morgan fingerprint density at radius 3 is 2.92 bits per heavy atom.